The molecule has 0 bridgehead atoms. The molecule has 1 saturated carbocycles. The highest BCUT2D eigenvalue weighted by Crippen LogP contribution is 2.32. The van der Waals surface area contributed by atoms with Crippen LogP contribution in [0.25, 0.3) is 0 Å². The minimum Gasteiger partial charge on any atom is -0.465 e. The molecule has 0 heterocycles. The number of esters is 2. The van der Waals surface area contributed by atoms with Crippen LogP contribution in [-0.2, 0) is 19.1 Å². The van der Waals surface area contributed by atoms with Gasteiger partial charge in [0.2, 0.25) is 0 Å². The number of carbonyl (C=O) groups excluding carboxylic acids is 2. The standard InChI is InChI=1S/C12H16O4/c1-2-15-12(14)10-6-9(10)7-16-11(13)8-4-3-5-8/h6,8,10H,2-5,7H2,1H3/t10-/m1/s1. The van der Waals surface area contributed by atoms with E-state index in [1.807, 2.05) is 0 Å². The lowest BCUT2D eigenvalue weighted by Gasteiger charge is -2.22. The largest absolute Gasteiger partial charge is 0.465 e. The second-order valence-electron chi connectivity index (χ2n) is 4.21. The van der Waals surface area contributed by atoms with E-state index in [0.717, 1.165) is 24.8 Å². The van der Waals surface area contributed by atoms with E-state index < -0.39 is 0 Å². The molecular formula is C12H16O4. The van der Waals surface area contributed by atoms with Crippen molar-refractivity contribution in [3.8, 4) is 0 Å². The van der Waals surface area contributed by atoms with Gasteiger partial charge in [-0.3, -0.25) is 9.59 Å². The van der Waals surface area contributed by atoms with Crippen molar-refractivity contribution in [2.75, 3.05) is 13.2 Å². The number of hydrogen-bond donors (Lipinski definition) is 0. The van der Waals surface area contributed by atoms with E-state index in [-0.39, 0.29) is 30.4 Å². The van der Waals surface area contributed by atoms with Gasteiger partial charge in [0, 0.05) is 0 Å². The average molecular weight is 224 g/mol. The van der Waals surface area contributed by atoms with E-state index in [1.165, 1.54) is 0 Å². The Morgan fingerprint density at radius 2 is 2.06 bits per heavy atom. The Labute approximate surface area is 94.6 Å². The molecule has 88 valence electrons. The van der Waals surface area contributed by atoms with Crippen molar-refractivity contribution in [3.63, 3.8) is 0 Å². The number of carbonyl (C=O) groups is 2. The van der Waals surface area contributed by atoms with Crippen LogP contribution in [0.15, 0.2) is 11.6 Å². The van der Waals surface area contributed by atoms with Crippen molar-refractivity contribution in [1.82, 2.24) is 0 Å². The van der Waals surface area contributed by atoms with Crippen molar-refractivity contribution in [3.05, 3.63) is 11.6 Å². The molecule has 4 heteroatoms. The summed E-state index contributed by atoms with van der Waals surface area (Å²) in [6.45, 7) is 2.41. The molecule has 0 aromatic heterocycles. The molecule has 0 spiro atoms. The van der Waals surface area contributed by atoms with E-state index in [0.29, 0.717) is 6.61 Å². The molecule has 0 amide bonds. The zero-order valence-corrected chi connectivity index (χ0v) is 9.40. The Morgan fingerprint density at radius 3 is 2.62 bits per heavy atom. The predicted molar refractivity (Wildman–Crippen MR) is 56.5 cm³/mol. The lowest BCUT2D eigenvalue weighted by atomic mass is 9.86. The quantitative estimate of drug-likeness (QED) is 0.524. The highest BCUT2D eigenvalue weighted by molar-refractivity contribution is 5.83. The van der Waals surface area contributed by atoms with Gasteiger partial charge in [-0.15, -0.1) is 0 Å². The van der Waals surface area contributed by atoms with E-state index in [4.69, 9.17) is 9.47 Å². The topological polar surface area (TPSA) is 52.6 Å². The summed E-state index contributed by atoms with van der Waals surface area (Å²) in [4.78, 5) is 22.6. The van der Waals surface area contributed by atoms with Gasteiger partial charge in [0.05, 0.1) is 18.4 Å². The van der Waals surface area contributed by atoms with Gasteiger partial charge in [0.15, 0.2) is 0 Å². The fourth-order valence-electron chi connectivity index (χ4n) is 1.67. The fraction of sp³-hybridized carbons (Fsp3) is 0.667. The van der Waals surface area contributed by atoms with Crippen molar-refractivity contribution in [2.24, 2.45) is 11.8 Å². The van der Waals surface area contributed by atoms with Crippen molar-refractivity contribution in [2.45, 2.75) is 26.2 Å². The van der Waals surface area contributed by atoms with Crippen LogP contribution in [0.5, 0.6) is 0 Å². The maximum absolute atomic E-state index is 11.4. The molecule has 2 aliphatic rings. The summed E-state index contributed by atoms with van der Waals surface area (Å²) in [5.74, 6) is -0.506. The lowest BCUT2D eigenvalue weighted by molar-refractivity contribution is -0.151. The Morgan fingerprint density at radius 1 is 1.31 bits per heavy atom. The molecule has 1 atom stereocenters. The highest BCUT2D eigenvalue weighted by atomic mass is 16.5. The van der Waals surface area contributed by atoms with Gasteiger partial charge in [0.25, 0.3) is 0 Å². The van der Waals surface area contributed by atoms with E-state index in [9.17, 15) is 9.59 Å². The molecule has 0 aromatic carbocycles. The van der Waals surface area contributed by atoms with Crippen LogP contribution in [-0.4, -0.2) is 25.2 Å². The van der Waals surface area contributed by atoms with Gasteiger partial charge >= 0.3 is 11.9 Å². The van der Waals surface area contributed by atoms with Crippen LogP contribution in [0.4, 0.5) is 0 Å². The molecule has 0 unspecified atom stereocenters. The fourth-order valence-corrected chi connectivity index (χ4v) is 1.67. The molecule has 16 heavy (non-hydrogen) atoms. The van der Waals surface area contributed by atoms with Crippen LogP contribution >= 0.6 is 0 Å². The van der Waals surface area contributed by atoms with Crippen LogP contribution in [0, 0.1) is 11.8 Å². The maximum atomic E-state index is 11.4. The monoisotopic (exact) mass is 224 g/mol. The van der Waals surface area contributed by atoms with Crippen LogP contribution in [0.1, 0.15) is 26.2 Å². The third kappa shape index (κ3) is 2.43. The Bertz CT molecular complexity index is 328. The molecule has 4 nitrogen and oxygen atoms in total. The molecule has 0 saturated heterocycles. The first-order valence-electron chi connectivity index (χ1n) is 5.76. The predicted octanol–water partition coefficient (Wildman–Crippen LogP) is 1.45. The van der Waals surface area contributed by atoms with Crippen LogP contribution in [0.2, 0.25) is 0 Å². The van der Waals surface area contributed by atoms with Crippen molar-refractivity contribution < 1.29 is 19.1 Å². The van der Waals surface area contributed by atoms with Crippen LogP contribution < -0.4 is 0 Å². The Hall–Kier alpha value is -1.32. The summed E-state index contributed by atoms with van der Waals surface area (Å²) in [7, 11) is 0. The van der Waals surface area contributed by atoms with Crippen molar-refractivity contribution >= 4 is 11.9 Å². The zero-order valence-electron chi connectivity index (χ0n) is 9.40. The van der Waals surface area contributed by atoms with Gasteiger partial charge in [-0.05, 0) is 25.3 Å². The summed E-state index contributed by atoms with van der Waals surface area (Å²) in [6.07, 6.45) is 4.79. The summed E-state index contributed by atoms with van der Waals surface area (Å²) >= 11 is 0. The molecular weight excluding hydrogens is 208 g/mol. The minimum absolute atomic E-state index is 0.0976. The third-order valence-corrected chi connectivity index (χ3v) is 3.03. The first-order chi connectivity index (χ1) is 7.72. The molecule has 2 rings (SSSR count). The summed E-state index contributed by atoms with van der Waals surface area (Å²) in [6, 6.07) is 0. The second-order valence-corrected chi connectivity index (χ2v) is 4.21. The first-order valence-corrected chi connectivity index (χ1v) is 5.76. The average Bonchev–Trinajstić information content (AvgIpc) is 2.91. The van der Waals surface area contributed by atoms with Crippen molar-refractivity contribution in [1.29, 1.82) is 0 Å². The molecule has 1 fully saturated rings. The van der Waals surface area contributed by atoms with Gasteiger partial charge in [-0.25, -0.2) is 0 Å². The van der Waals surface area contributed by atoms with E-state index in [1.54, 1.807) is 13.0 Å². The number of ether oxygens (including phenoxy) is 2. The van der Waals surface area contributed by atoms with E-state index in [2.05, 4.69) is 0 Å². The molecule has 0 aliphatic heterocycles. The first kappa shape index (κ1) is 11.2. The molecule has 2 aliphatic carbocycles. The van der Waals surface area contributed by atoms with Gasteiger partial charge < -0.3 is 9.47 Å². The van der Waals surface area contributed by atoms with E-state index >= 15 is 0 Å². The molecule has 0 aromatic rings. The number of rotatable bonds is 5. The second kappa shape index (κ2) is 4.68. The lowest BCUT2D eigenvalue weighted by Crippen LogP contribution is -2.24. The molecule has 0 N–H and O–H groups in total. The highest BCUT2D eigenvalue weighted by Gasteiger charge is 2.35. The summed E-state index contributed by atoms with van der Waals surface area (Å²) < 4.78 is 9.96. The van der Waals surface area contributed by atoms with Crippen LogP contribution in [0.3, 0.4) is 0 Å². The van der Waals surface area contributed by atoms with Gasteiger partial charge in [-0.2, -0.15) is 0 Å². The Kier molecular flexibility index (Phi) is 3.27. The number of hydrogen-bond acceptors (Lipinski definition) is 4. The normalized spacial score (nSPS) is 23.1. The minimum atomic E-state index is -0.242. The molecule has 0 radical (unpaired) electrons. The summed E-state index contributed by atoms with van der Waals surface area (Å²) in [5.41, 5.74) is 0.867. The zero-order chi connectivity index (χ0) is 11.5. The van der Waals surface area contributed by atoms with Gasteiger partial charge in [-0.1, -0.05) is 12.5 Å². The maximum Gasteiger partial charge on any atom is 0.317 e. The summed E-state index contributed by atoms with van der Waals surface area (Å²) in [5, 5.41) is 0. The van der Waals surface area contributed by atoms with Gasteiger partial charge in [0.1, 0.15) is 6.61 Å². The third-order valence-electron chi connectivity index (χ3n) is 3.03. The Balaban J connectivity index is 1.63. The smallest absolute Gasteiger partial charge is 0.317 e. The SMILES string of the molecule is CCOC(=O)[C@@H]1C=C1COC(=O)C1CCC1.